The minimum absolute atomic E-state index is 0.250. The molecule has 0 atom stereocenters. The zero-order valence-electron chi connectivity index (χ0n) is 28.4. The molecule has 1 aliphatic rings. The lowest BCUT2D eigenvalue weighted by Crippen LogP contribution is -2.50. The van der Waals surface area contributed by atoms with Gasteiger partial charge in [0.2, 0.25) is 5.91 Å². The number of hydrogen-bond donors (Lipinski definition) is 2. The molecule has 7 heteroatoms. The molecule has 0 aromatic rings. The lowest BCUT2D eigenvalue weighted by molar-refractivity contribution is -0.133. The van der Waals surface area contributed by atoms with Crippen molar-refractivity contribution >= 4 is 12.4 Å². The summed E-state index contributed by atoms with van der Waals surface area (Å²) >= 11 is 0. The van der Waals surface area contributed by atoms with E-state index in [-0.39, 0.29) is 6.47 Å². The van der Waals surface area contributed by atoms with Crippen molar-refractivity contribution in [1.29, 1.82) is 0 Å². The molecule has 0 unspecified atom stereocenters. The highest BCUT2D eigenvalue weighted by atomic mass is 16.3. The van der Waals surface area contributed by atoms with Crippen LogP contribution in [-0.2, 0) is 9.59 Å². The third-order valence-corrected chi connectivity index (χ3v) is 8.54. The number of rotatable bonds is 28. The van der Waals surface area contributed by atoms with E-state index < -0.39 is 0 Å². The number of amides is 1. The zero-order chi connectivity index (χ0) is 30.9. The maximum atomic E-state index is 13.1. The number of nitrogens with zero attached hydrogens (tertiary/aromatic N) is 3. The Kier molecular flexibility index (Phi) is 31.8. The number of hydrogen-bond acceptors (Lipinski definition) is 5. The summed E-state index contributed by atoms with van der Waals surface area (Å²) in [4.78, 5) is 28.8. The maximum absolute atomic E-state index is 13.1. The second-order valence-corrected chi connectivity index (χ2v) is 12.4. The summed E-state index contributed by atoms with van der Waals surface area (Å²) < 4.78 is 0. The summed E-state index contributed by atoms with van der Waals surface area (Å²) in [5.74, 6) is 0.342. The van der Waals surface area contributed by atoms with Crippen LogP contribution in [0.3, 0.4) is 0 Å². The molecule has 1 amide bonds. The van der Waals surface area contributed by atoms with Crippen LogP contribution in [0.4, 0.5) is 0 Å². The zero-order valence-corrected chi connectivity index (χ0v) is 28.4. The van der Waals surface area contributed by atoms with Crippen LogP contribution in [0.15, 0.2) is 0 Å². The van der Waals surface area contributed by atoms with Gasteiger partial charge in [0.1, 0.15) is 0 Å². The largest absolute Gasteiger partial charge is 0.483 e. The Hall–Kier alpha value is -1.18. The lowest BCUT2D eigenvalue weighted by Gasteiger charge is -2.32. The quantitative estimate of drug-likeness (QED) is 0.0716. The first-order valence-corrected chi connectivity index (χ1v) is 18.1. The molecule has 0 bridgehead atoms. The van der Waals surface area contributed by atoms with E-state index in [2.05, 4.69) is 40.8 Å². The molecule has 1 rings (SSSR count). The Morgan fingerprint density at radius 1 is 0.595 bits per heavy atom. The van der Waals surface area contributed by atoms with Gasteiger partial charge in [-0.25, -0.2) is 0 Å². The van der Waals surface area contributed by atoms with Crippen LogP contribution in [0, 0.1) is 0 Å². The molecular weight excluding hydrogens is 524 g/mol. The maximum Gasteiger partial charge on any atom is 0.290 e. The molecular formula is C35H72N4O3. The minimum atomic E-state index is -0.250. The molecule has 7 nitrogen and oxygen atoms in total. The van der Waals surface area contributed by atoms with Crippen molar-refractivity contribution in [1.82, 2.24) is 20.0 Å². The van der Waals surface area contributed by atoms with Gasteiger partial charge in [-0.05, 0) is 38.9 Å². The average Bonchev–Trinajstić information content (AvgIpc) is 3.00. The van der Waals surface area contributed by atoms with Crippen molar-refractivity contribution in [3.05, 3.63) is 0 Å². The minimum Gasteiger partial charge on any atom is -0.483 e. The molecule has 0 aromatic heterocycles. The predicted octanol–water partition coefficient (Wildman–Crippen LogP) is 7.58. The van der Waals surface area contributed by atoms with Crippen LogP contribution < -0.4 is 5.32 Å². The van der Waals surface area contributed by atoms with Gasteiger partial charge in [0.25, 0.3) is 6.47 Å². The SMILES string of the molecule is CCCCCCCCCN(CCCCCCCC)CCN(CCCCCCCCC)CC(=O)N1CCNCC1.O=CO. The molecule has 1 saturated heterocycles. The van der Waals surface area contributed by atoms with Crippen LogP contribution in [-0.4, -0.2) is 97.6 Å². The molecule has 0 aromatic carbocycles. The van der Waals surface area contributed by atoms with E-state index in [1.54, 1.807) is 0 Å². The lowest BCUT2D eigenvalue weighted by atomic mass is 10.1. The van der Waals surface area contributed by atoms with E-state index in [1.165, 1.54) is 142 Å². The number of unbranched alkanes of at least 4 members (excludes halogenated alkanes) is 17. The highest BCUT2D eigenvalue weighted by Gasteiger charge is 2.19. The van der Waals surface area contributed by atoms with Crippen LogP contribution >= 0.6 is 0 Å². The average molecular weight is 597 g/mol. The Morgan fingerprint density at radius 3 is 1.33 bits per heavy atom. The van der Waals surface area contributed by atoms with Gasteiger partial charge in [0.05, 0.1) is 6.54 Å². The van der Waals surface area contributed by atoms with Crippen LogP contribution in [0.2, 0.25) is 0 Å². The normalized spacial score (nSPS) is 13.4. The number of piperazine rings is 1. The second kappa shape index (κ2) is 32.7. The number of nitrogens with one attached hydrogen (secondary N) is 1. The van der Waals surface area contributed by atoms with Gasteiger partial charge in [0.15, 0.2) is 0 Å². The molecule has 0 radical (unpaired) electrons. The van der Waals surface area contributed by atoms with Gasteiger partial charge in [-0.15, -0.1) is 0 Å². The Labute approximate surface area is 261 Å². The van der Waals surface area contributed by atoms with Crippen LogP contribution in [0.25, 0.3) is 0 Å². The summed E-state index contributed by atoms with van der Waals surface area (Å²) in [5.41, 5.74) is 0. The molecule has 250 valence electrons. The summed E-state index contributed by atoms with van der Waals surface area (Å²) in [5, 5.41) is 10.3. The standard InChI is InChI=1S/C34H70N4O.CH2O2/c1-4-7-10-13-16-19-22-27-36(26-21-18-15-12-9-6-3)31-32-37(28-23-20-17-14-11-8-5-2)33-34(39)38-29-24-35-25-30-38;2-1-3/h35H,4-33H2,1-3H3;1H,(H,2,3). The molecule has 0 aliphatic carbocycles. The van der Waals surface area contributed by atoms with Gasteiger partial charge in [-0.1, -0.05) is 130 Å². The first-order valence-electron chi connectivity index (χ1n) is 18.1. The fourth-order valence-corrected chi connectivity index (χ4v) is 5.79. The van der Waals surface area contributed by atoms with E-state index in [0.717, 1.165) is 45.8 Å². The van der Waals surface area contributed by atoms with Crippen molar-refractivity contribution in [3.63, 3.8) is 0 Å². The second-order valence-electron chi connectivity index (χ2n) is 12.4. The first kappa shape index (κ1) is 40.8. The third-order valence-electron chi connectivity index (χ3n) is 8.54. The monoisotopic (exact) mass is 597 g/mol. The summed E-state index contributed by atoms with van der Waals surface area (Å²) in [7, 11) is 0. The van der Waals surface area contributed by atoms with Crippen LogP contribution in [0.1, 0.15) is 149 Å². The third kappa shape index (κ3) is 26.4. The smallest absolute Gasteiger partial charge is 0.290 e. The predicted molar refractivity (Wildman–Crippen MR) is 180 cm³/mol. The topological polar surface area (TPSA) is 76.1 Å². The number of carboxylic acid groups (broad SMARTS) is 1. The number of carbonyl (C=O) groups is 2. The molecule has 0 spiro atoms. The molecule has 1 aliphatic heterocycles. The number of carbonyl (C=O) groups excluding carboxylic acids is 1. The Balaban J connectivity index is 0.00000535. The van der Waals surface area contributed by atoms with Crippen molar-refractivity contribution < 1.29 is 14.7 Å². The molecule has 1 fully saturated rings. The van der Waals surface area contributed by atoms with Gasteiger partial charge in [-0.3, -0.25) is 14.5 Å². The first-order chi connectivity index (χ1) is 20.6. The molecule has 42 heavy (non-hydrogen) atoms. The van der Waals surface area contributed by atoms with Gasteiger partial charge >= 0.3 is 0 Å². The molecule has 1 heterocycles. The van der Waals surface area contributed by atoms with Crippen molar-refractivity contribution in [3.8, 4) is 0 Å². The van der Waals surface area contributed by atoms with Crippen molar-refractivity contribution in [2.75, 3.05) is 65.4 Å². The van der Waals surface area contributed by atoms with Gasteiger partial charge in [0, 0.05) is 39.3 Å². The Morgan fingerprint density at radius 2 is 0.929 bits per heavy atom. The van der Waals surface area contributed by atoms with Gasteiger partial charge in [-0.2, -0.15) is 0 Å². The summed E-state index contributed by atoms with van der Waals surface area (Å²) in [6.07, 6.45) is 27.2. The van der Waals surface area contributed by atoms with E-state index in [4.69, 9.17) is 9.90 Å². The van der Waals surface area contributed by atoms with E-state index in [1.807, 2.05) is 0 Å². The fourth-order valence-electron chi connectivity index (χ4n) is 5.79. The fraction of sp³-hybridized carbons (Fsp3) is 0.943. The van der Waals surface area contributed by atoms with Gasteiger partial charge < -0.3 is 20.2 Å². The summed E-state index contributed by atoms with van der Waals surface area (Å²) in [6.45, 7) is 16.6. The highest BCUT2D eigenvalue weighted by molar-refractivity contribution is 5.78. The Bertz CT molecular complexity index is 572. The molecule has 2 N–H and O–H groups in total. The molecule has 0 saturated carbocycles. The van der Waals surface area contributed by atoms with E-state index in [0.29, 0.717) is 12.5 Å². The van der Waals surface area contributed by atoms with E-state index >= 15 is 0 Å². The van der Waals surface area contributed by atoms with Crippen molar-refractivity contribution in [2.45, 2.75) is 149 Å². The van der Waals surface area contributed by atoms with Crippen LogP contribution in [0.5, 0.6) is 0 Å². The van der Waals surface area contributed by atoms with Crippen molar-refractivity contribution in [2.24, 2.45) is 0 Å². The van der Waals surface area contributed by atoms with E-state index in [9.17, 15) is 4.79 Å². The highest BCUT2D eigenvalue weighted by Crippen LogP contribution is 2.11. The summed E-state index contributed by atoms with van der Waals surface area (Å²) in [6, 6.07) is 0.